The van der Waals surface area contributed by atoms with Crippen molar-refractivity contribution in [1.82, 2.24) is 0 Å². The fourth-order valence-electron chi connectivity index (χ4n) is 0.139. The Hall–Kier alpha value is -0.990. The molecule has 30 valence electrons. The van der Waals surface area contributed by atoms with Crippen LogP contribution in [0.4, 0.5) is 0 Å². The van der Waals surface area contributed by atoms with E-state index in [9.17, 15) is 14.4 Å². The van der Waals surface area contributed by atoms with E-state index in [4.69, 9.17) is 0 Å². The fraction of sp³-hybridized carbons (Fsp3) is 0. The van der Waals surface area contributed by atoms with Gasteiger partial charge in [-0.15, -0.1) is 0 Å². The molecule has 0 heterocycles. The minimum absolute atomic E-state index is 0.852. The van der Waals surface area contributed by atoms with Crippen LogP contribution in [0.2, 0.25) is 0 Å². The van der Waals surface area contributed by atoms with Crippen molar-refractivity contribution < 1.29 is 14.4 Å². The molecule has 0 unspecified atom stereocenters. The number of hydrogen-bond acceptors (Lipinski definition) is 3. The fourth-order valence-corrected chi connectivity index (χ4v) is 0.139. The third-order valence-electron chi connectivity index (χ3n) is 0.556. The molecule has 3 heteroatoms. The molecule has 0 N–H and O–H groups in total. The Balaban J connectivity index is 3.04. The molecule has 1 rings (SSSR count). The van der Waals surface area contributed by atoms with Crippen LogP contribution in [-0.2, 0) is 14.4 Å². The first-order valence-electron chi connectivity index (χ1n) is 1.36. The highest BCUT2D eigenvalue weighted by Gasteiger charge is 2.46. The van der Waals surface area contributed by atoms with Crippen molar-refractivity contribution in [2.24, 2.45) is 0 Å². The summed E-state index contributed by atoms with van der Waals surface area (Å²) < 4.78 is 0. The average molecular weight is 84.0 g/mol. The van der Waals surface area contributed by atoms with Gasteiger partial charge in [-0.2, -0.15) is 0 Å². The normalized spacial score (nSPS) is 19.0. The number of carbonyl (C=O) groups is 3. The summed E-state index contributed by atoms with van der Waals surface area (Å²) in [5.74, 6) is -2.56. The molecule has 0 aliphatic heterocycles. The van der Waals surface area contributed by atoms with E-state index in [0.717, 1.165) is 0 Å². The van der Waals surface area contributed by atoms with Crippen molar-refractivity contribution in [3.63, 3.8) is 0 Å². The maximum atomic E-state index is 9.52. The molecule has 1 saturated carbocycles. The van der Waals surface area contributed by atoms with Gasteiger partial charge in [-0.05, 0) is 0 Å². The van der Waals surface area contributed by atoms with Gasteiger partial charge in [-0.25, -0.2) is 0 Å². The molecular formula is C3O3. The Morgan fingerprint density at radius 1 is 0.667 bits per heavy atom. The Kier molecular flexibility index (Phi) is 0.303. The average Bonchev–Trinajstić information content (AvgIpc) is 1.94. The Bertz CT molecular complexity index is 104. The third-order valence-corrected chi connectivity index (χ3v) is 0.556. The summed E-state index contributed by atoms with van der Waals surface area (Å²) in [4.78, 5) is 28.6. The molecule has 0 amide bonds. The van der Waals surface area contributed by atoms with Gasteiger partial charge in [0.1, 0.15) is 0 Å². The minimum atomic E-state index is -0.852. The molecule has 0 atom stereocenters. The lowest BCUT2D eigenvalue weighted by molar-refractivity contribution is -0.122. The predicted molar refractivity (Wildman–Crippen MR) is 15.0 cm³/mol. The Morgan fingerprint density at radius 2 is 0.833 bits per heavy atom. The van der Waals surface area contributed by atoms with Crippen LogP contribution < -0.4 is 0 Å². The van der Waals surface area contributed by atoms with Crippen LogP contribution >= 0.6 is 0 Å². The largest absolute Gasteiger partial charge is 0.281 e. The van der Waals surface area contributed by atoms with E-state index in [1.165, 1.54) is 0 Å². The molecule has 0 saturated heterocycles. The first-order chi connectivity index (χ1) is 2.73. The molecule has 1 fully saturated rings. The number of carbonyl (C=O) groups excluding carboxylic acids is 3. The summed E-state index contributed by atoms with van der Waals surface area (Å²) in [5, 5.41) is 0. The summed E-state index contributed by atoms with van der Waals surface area (Å²) in [7, 11) is 0. The van der Waals surface area contributed by atoms with Crippen LogP contribution in [0.3, 0.4) is 0 Å². The monoisotopic (exact) mass is 84.0 g/mol. The zero-order valence-corrected chi connectivity index (χ0v) is 2.72. The van der Waals surface area contributed by atoms with Gasteiger partial charge in [0.2, 0.25) is 0 Å². The van der Waals surface area contributed by atoms with Crippen molar-refractivity contribution in [2.75, 3.05) is 0 Å². The molecule has 6 heavy (non-hydrogen) atoms. The molecule has 0 aromatic rings. The van der Waals surface area contributed by atoms with E-state index in [1.54, 1.807) is 0 Å². The van der Waals surface area contributed by atoms with Crippen LogP contribution in [0.25, 0.3) is 0 Å². The minimum Gasteiger partial charge on any atom is -0.281 e. The van der Waals surface area contributed by atoms with Gasteiger partial charge >= 0.3 is 0 Å². The summed E-state index contributed by atoms with van der Waals surface area (Å²) in [6.07, 6.45) is 0. The maximum Gasteiger partial charge on any atom is 0.281 e. The molecule has 0 bridgehead atoms. The van der Waals surface area contributed by atoms with E-state index in [0.29, 0.717) is 0 Å². The summed E-state index contributed by atoms with van der Waals surface area (Å²) in [6, 6.07) is 0. The van der Waals surface area contributed by atoms with Crippen molar-refractivity contribution in [2.45, 2.75) is 0 Å². The molecule has 0 aromatic heterocycles. The smallest absolute Gasteiger partial charge is 0.281 e. The summed E-state index contributed by atoms with van der Waals surface area (Å²) in [6.45, 7) is 0. The van der Waals surface area contributed by atoms with E-state index < -0.39 is 17.3 Å². The van der Waals surface area contributed by atoms with Crippen LogP contribution in [0.15, 0.2) is 0 Å². The molecular weight excluding hydrogens is 84.0 g/mol. The van der Waals surface area contributed by atoms with Gasteiger partial charge in [-0.3, -0.25) is 14.4 Å². The lowest BCUT2D eigenvalue weighted by Gasteiger charge is -1.24. The lowest BCUT2D eigenvalue weighted by Crippen LogP contribution is -1.62. The van der Waals surface area contributed by atoms with Gasteiger partial charge < -0.3 is 0 Å². The highest BCUT2D eigenvalue weighted by atomic mass is 16.2. The van der Waals surface area contributed by atoms with Gasteiger partial charge in [0, 0.05) is 0 Å². The molecule has 0 radical (unpaired) electrons. The van der Waals surface area contributed by atoms with Crippen molar-refractivity contribution >= 4 is 17.3 Å². The number of ketones is 3. The summed E-state index contributed by atoms with van der Waals surface area (Å²) >= 11 is 0. The number of hydrogen-bond donors (Lipinski definition) is 0. The number of Topliss-reactive ketones (excluding diaryl/α,β-unsaturated/α-hetero) is 3. The molecule has 0 spiro atoms. The van der Waals surface area contributed by atoms with Crippen molar-refractivity contribution in [1.29, 1.82) is 0 Å². The van der Waals surface area contributed by atoms with Crippen molar-refractivity contribution in [3.05, 3.63) is 0 Å². The molecule has 3 nitrogen and oxygen atoms in total. The van der Waals surface area contributed by atoms with Crippen LogP contribution in [0.1, 0.15) is 0 Å². The number of rotatable bonds is 0. The quantitative estimate of drug-likeness (QED) is 0.343. The zero-order chi connectivity index (χ0) is 4.73. The second-order valence-electron chi connectivity index (χ2n) is 0.987. The van der Waals surface area contributed by atoms with Crippen molar-refractivity contribution in [3.8, 4) is 0 Å². The first-order valence-corrected chi connectivity index (χ1v) is 1.36. The van der Waals surface area contributed by atoms with E-state index in [2.05, 4.69) is 0 Å². The van der Waals surface area contributed by atoms with E-state index in [1.807, 2.05) is 0 Å². The lowest BCUT2D eigenvalue weighted by atomic mass is 10.9. The van der Waals surface area contributed by atoms with Gasteiger partial charge in [0.15, 0.2) is 0 Å². The Labute approximate surface area is 32.9 Å². The van der Waals surface area contributed by atoms with Crippen LogP contribution in [0.5, 0.6) is 0 Å². The third kappa shape index (κ3) is 0.150. The Morgan fingerprint density at radius 3 is 0.833 bits per heavy atom. The van der Waals surface area contributed by atoms with Gasteiger partial charge in [-0.1, -0.05) is 0 Å². The molecule has 1 aliphatic carbocycles. The second-order valence-corrected chi connectivity index (χ2v) is 0.987. The standard InChI is InChI=1S/C3O3/c4-1-2(5)3(1)6. The van der Waals surface area contributed by atoms with E-state index >= 15 is 0 Å². The molecule has 0 aromatic carbocycles. The highest BCUT2D eigenvalue weighted by Crippen LogP contribution is 1.96. The van der Waals surface area contributed by atoms with Gasteiger partial charge in [0.25, 0.3) is 17.3 Å². The molecule has 1 aliphatic rings. The van der Waals surface area contributed by atoms with E-state index in [-0.39, 0.29) is 0 Å². The van der Waals surface area contributed by atoms with Crippen LogP contribution in [0, 0.1) is 0 Å². The summed E-state index contributed by atoms with van der Waals surface area (Å²) in [5.41, 5.74) is 0. The topological polar surface area (TPSA) is 51.2 Å². The maximum absolute atomic E-state index is 9.52. The highest BCUT2D eigenvalue weighted by molar-refractivity contribution is 7.08. The zero-order valence-electron chi connectivity index (χ0n) is 2.72. The SMILES string of the molecule is O=C1C(=O)C1=O. The first kappa shape index (κ1) is 3.21. The van der Waals surface area contributed by atoms with Crippen LogP contribution in [-0.4, -0.2) is 17.3 Å². The predicted octanol–water partition coefficient (Wildman–Crippen LogP) is -1.29. The van der Waals surface area contributed by atoms with Gasteiger partial charge in [0.05, 0.1) is 0 Å². The second kappa shape index (κ2) is 0.566.